The summed E-state index contributed by atoms with van der Waals surface area (Å²) >= 11 is 0. The number of amides is 1. The van der Waals surface area contributed by atoms with Crippen molar-refractivity contribution in [3.8, 4) is 11.5 Å². The van der Waals surface area contributed by atoms with Crippen LogP contribution in [0.25, 0.3) is 11.5 Å². The number of carbonyl (C=O) groups excluding carboxylic acids is 1. The Morgan fingerprint density at radius 3 is 2.28 bits per heavy atom. The number of nitrogens with zero attached hydrogens (tertiary/aromatic N) is 4. The summed E-state index contributed by atoms with van der Waals surface area (Å²) in [6.45, 7) is 8.62. The number of hydrogen-bond donors (Lipinski definition) is 0. The largest absolute Gasteiger partial charge is 0.423 e. The van der Waals surface area contributed by atoms with Gasteiger partial charge in [-0.1, -0.05) is 38.1 Å². The van der Waals surface area contributed by atoms with E-state index in [1.54, 1.807) is 0 Å². The Labute approximate surface area is 171 Å². The van der Waals surface area contributed by atoms with Crippen molar-refractivity contribution < 1.29 is 9.21 Å². The highest BCUT2D eigenvalue weighted by Crippen LogP contribution is 2.19. The van der Waals surface area contributed by atoms with Gasteiger partial charge in [0.25, 0.3) is 5.91 Å². The molecule has 4 rings (SSSR count). The fourth-order valence-corrected chi connectivity index (χ4v) is 3.61. The van der Waals surface area contributed by atoms with Crippen LogP contribution in [0.1, 0.15) is 41.3 Å². The van der Waals surface area contributed by atoms with E-state index in [0.717, 1.165) is 38.3 Å². The van der Waals surface area contributed by atoms with Gasteiger partial charge in [-0.25, -0.2) is 0 Å². The zero-order valence-corrected chi connectivity index (χ0v) is 16.9. The highest BCUT2D eigenvalue weighted by molar-refractivity contribution is 5.94. The third-order valence-corrected chi connectivity index (χ3v) is 5.45. The first kappa shape index (κ1) is 19.3. The molecule has 1 amide bonds. The molecule has 0 unspecified atom stereocenters. The summed E-state index contributed by atoms with van der Waals surface area (Å²) < 4.78 is 5.19. The standard InChI is InChI=1S/C23H26N4O2/c1-17(2)19-5-3-18(4-6-19)15-26-11-13-27(14-12-26)23(28)21-9-7-20(8-10-21)22-25-24-16-29-22/h3-10,16-17H,11-15H2,1-2H3. The van der Waals surface area contributed by atoms with Crippen LogP contribution in [-0.2, 0) is 6.54 Å². The van der Waals surface area contributed by atoms with Gasteiger partial charge in [-0.15, -0.1) is 10.2 Å². The maximum absolute atomic E-state index is 12.8. The molecule has 6 nitrogen and oxygen atoms in total. The van der Waals surface area contributed by atoms with Crippen molar-refractivity contribution in [3.63, 3.8) is 0 Å². The number of benzene rings is 2. The predicted molar refractivity (Wildman–Crippen MR) is 111 cm³/mol. The minimum atomic E-state index is 0.0722. The molecule has 2 aromatic carbocycles. The van der Waals surface area contributed by atoms with Gasteiger partial charge in [0.1, 0.15) is 0 Å². The van der Waals surface area contributed by atoms with Gasteiger partial charge in [-0.2, -0.15) is 0 Å². The van der Waals surface area contributed by atoms with Crippen molar-refractivity contribution in [2.24, 2.45) is 0 Å². The molecular weight excluding hydrogens is 364 g/mol. The van der Waals surface area contributed by atoms with Gasteiger partial charge in [0, 0.05) is 43.9 Å². The van der Waals surface area contributed by atoms with Gasteiger partial charge < -0.3 is 9.32 Å². The maximum Gasteiger partial charge on any atom is 0.253 e. The van der Waals surface area contributed by atoms with Gasteiger partial charge in [-0.05, 0) is 41.3 Å². The lowest BCUT2D eigenvalue weighted by Crippen LogP contribution is -2.48. The predicted octanol–water partition coefficient (Wildman–Crippen LogP) is 3.82. The first-order valence-corrected chi connectivity index (χ1v) is 10.1. The molecule has 0 atom stereocenters. The van der Waals surface area contributed by atoms with E-state index in [2.05, 4.69) is 53.2 Å². The number of carbonyl (C=O) groups is 1. The summed E-state index contributed by atoms with van der Waals surface area (Å²) in [6, 6.07) is 16.2. The molecule has 29 heavy (non-hydrogen) atoms. The van der Waals surface area contributed by atoms with Gasteiger partial charge in [0.2, 0.25) is 12.3 Å². The Morgan fingerprint density at radius 1 is 1.00 bits per heavy atom. The van der Waals surface area contributed by atoms with Crippen molar-refractivity contribution in [3.05, 3.63) is 71.6 Å². The van der Waals surface area contributed by atoms with E-state index in [1.165, 1.54) is 17.5 Å². The summed E-state index contributed by atoms with van der Waals surface area (Å²) in [4.78, 5) is 17.2. The van der Waals surface area contributed by atoms with Gasteiger partial charge >= 0.3 is 0 Å². The fourth-order valence-electron chi connectivity index (χ4n) is 3.61. The van der Waals surface area contributed by atoms with E-state index in [-0.39, 0.29) is 5.91 Å². The molecule has 1 fully saturated rings. The molecule has 0 bridgehead atoms. The molecule has 6 heteroatoms. The van der Waals surface area contributed by atoms with E-state index < -0.39 is 0 Å². The Morgan fingerprint density at radius 2 is 1.69 bits per heavy atom. The van der Waals surface area contributed by atoms with Crippen molar-refractivity contribution >= 4 is 5.91 Å². The van der Waals surface area contributed by atoms with E-state index >= 15 is 0 Å². The quantitative estimate of drug-likeness (QED) is 0.663. The Balaban J connectivity index is 1.31. The monoisotopic (exact) mass is 390 g/mol. The molecule has 0 spiro atoms. The third kappa shape index (κ3) is 4.54. The Bertz CT molecular complexity index is 926. The van der Waals surface area contributed by atoms with Crippen molar-refractivity contribution in [2.75, 3.05) is 26.2 Å². The van der Waals surface area contributed by atoms with Crippen LogP contribution in [0.15, 0.2) is 59.3 Å². The van der Waals surface area contributed by atoms with E-state index in [1.807, 2.05) is 29.2 Å². The second-order valence-electron chi connectivity index (χ2n) is 7.79. The molecule has 0 N–H and O–H groups in total. The molecule has 0 radical (unpaired) electrons. The zero-order valence-electron chi connectivity index (χ0n) is 16.9. The van der Waals surface area contributed by atoms with Crippen LogP contribution in [-0.4, -0.2) is 52.1 Å². The van der Waals surface area contributed by atoms with Crippen molar-refractivity contribution in [2.45, 2.75) is 26.3 Å². The second-order valence-corrected chi connectivity index (χ2v) is 7.79. The van der Waals surface area contributed by atoms with E-state index in [0.29, 0.717) is 17.4 Å². The second kappa shape index (κ2) is 8.57. The van der Waals surface area contributed by atoms with E-state index in [9.17, 15) is 4.79 Å². The highest BCUT2D eigenvalue weighted by atomic mass is 16.4. The first-order valence-electron chi connectivity index (χ1n) is 10.1. The van der Waals surface area contributed by atoms with Crippen LogP contribution in [0.5, 0.6) is 0 Å². The smallest absolute Gasteiger partial charge is 0.253 e. The SMILES string of the molecule is CC(C)c1ccc(CN2CCN(C(=O)c3ccc(-c4nnco4)cc3)CC2)cc1. The molecule has 1 saturated heterocycles. The summed E-state index contributed by atoms with van der Waals surface area (Å²) in [5.41, 5.74) is 4.19. The fraction of sp³-hybridized carbons (Fsp3) is 0.348. The van der Waals surface area contributed by atoms with Crippen LogP contribution in [0.4, 0.5) is 0 Å². The zero-order chi connectivity index (χ0) is 20.2. The van der Waals surface area contributed by atoms with Crippen LogP contribution in [0.3, 0.4) is 0 Å². The average Bonchev–Trinajstić information content (AvgIpc) is 3.29. The topological polar surface area (TPSA) is 62.5 Å². The lowest BCUT2D eigenvalue weighted by molar-refractivity contribution is 0.0628. The van der Waals surface area contributed by atoms with Gasteiger partial charge in [0.05, 0.1) is 0 Å². The summed E-state index contributed by atoms with van der Waals surface area (Å²) in [6.07, 6.45) is 1.30. The van der Waals surface area contributed by atoms with E-state index in [4.69, 9.17) is 4.42 Å². The van der Waals surface area contributed by atoms with Crippen LogP contribution in [0.2, 0.25) is 0 Å². The Kier molecular flexibility index (Phi) is 5.71. The lowest BCUT2D eigenvalue weighted by atomic mass is 10.0. The third-order valence-electron chi connectivity index (χ3n) is 5.45. The van der Waals surface area contributed by atoms with Crippen molar-refractivity contribution in [1.82, 2.24) is 20.0 Å². The van der Waals surface area contributed by atoms with Gasteiger partial charge in [-0.3, -0.25) is 9.69 Å². The Hall–Kier alpha value is -2.99. The van der Waals surface area contributed by atoms with Crippen LogP contribution >= 0.6 is 0 Å². The first-order chi connectivity index (χ1) is 14.1. The molecule has 0 aliphatic carbocycles. The van der Waals surface area contributed by atoms with Gasteiger partial charge in [0.15, 0.2) is 0 Å². The minimum absolute atomic E-state index is 0.0722. The summed E-state index contributed by atoms with van der Waals surface area (Å²) in [5, 5.41) is 7.57. The molecule has 3 aromatic rings. The van der Waals surface area contributed by atoms with Crippen molar-refractivity contribution in [1.29, 1.82) is 0 Å². The molecule has 150 valence electrons. The van der Waals surface area contributed by atoms with Crippen LogP contribution in [0, 0.1) is 0 Å². The molecule has 1 aliphatic heterocycles. The number of aromatic nitrogens is 2. The number of hydrogen-bond acceptors (Lipinski definition) is 5. The highest BCUT2D eigenvalue weighted by Gasteiger charge is 2.22. The lowest BCUT2D eigenvalue weighted by Gasteiger charge is -2.34. The number of piperazine rings is 1. The average molecular weight is 390 g/mol. The summed E-state index contributed by atoms with van der Waals surface area (Å²) in [5.74, 6) is 1.08. The molecular formula is C23H26N4O2. The molecule has 1 aliphatic rings. The molecule has 0 saturated carbocycles. The molecule has 2 heterocycles. The summed E-state index contributed by atoms with van der Waals surface area (Å²) in [7, 11) is 0. The normalized spacial score (nSPS) is 15.1. The minimum Gasteiger partial charge on any atom is -0.423 e. The van der Waals surface area contributed by atoms with Crippen LogP contribution < -0.4 is 0 Å². The number of rotatable bonds is 5. The maximum atomic E-state index is 12.8. The molecule has 1 aromatic heterocycles.